The van der Waals surface area contributed by atoms with Crippen LogP contribution in [-0.4, -0.2) is 63.9 Å². The molecule has 2 aliphatic heterocycles. The summed E-state index contributed by atoms with van der Waals surface area (Å²) in [5.41, 5.74) is 4.91. The zero-order valence-electron chi connectivity index (χ0n) is 26.7. The Morgan fingerprint density at radius 2 is 1.55 bits per heavy atom. The highest BCUT2D eigenvalue weighted by atomic mass is 19.3. The van der Waals surface area contributed by atoms with E-state index >= 15 is 0 Å². The Labute approximate surface area is 272 Å². The second-order valence-electron chi connectivity index (χ2n) is 11.9. The molecule has 11 heteroatoms. The first-order valence-corrected chi connectivity index (χ1v) is 15.7. The molecule has 0 amide bonds. The van der Waals surface area contributed by atoms with Crippen molar-refractivity contribution in [3.63, 3.8) is 0 Å². The Hall–Kier alpha value is -4.90. The van der Waals surface area contributed by atoms with Crippen LogP contribution in [0.25, 0.3) is 5.57 Å². The zero-order valence-corrected chi connectivity index (χ0v) is 26.7. The number of likely N-dealkylation sites (tertiary alicyclic amines) is 1. The molecule has 244 valence electrons. The second-order valence-corrected chi connectivity index (χ2v) is 11.9. The lowest BCUT2D eigenvalue weighted by Gasteiger charge is -2.43. The first kappa shape index (κ1) is 32.1. The number of hydrogen-bond donors (Lipinski definition) is 1. The highest BCUT2D eigenvalue weighted by Gasteiger charge is 2.40. The van der Waals surface area contributed by atoms with Crippen LogP contribution >= 0.6 is 0 Å². The molecule has 1 unspecified atom stereocenters. The van der Waals surface area contributed by atoms with Crippen molar-refractivity contribution in [1.29, 1.82) is 0 Å². The van der Waals surface area contributed by atoms with Crippen molar-refractivity contribution in [2.45, 2.75) is 44.6 Å². The van der Waals surface area contributed by atoms with E-state index in [1.165, 1.54) is 22.0 Å². The van der Waals surface area contributed by atoms with Gasteiger partial charge in [0, 0.05) is 34.5 Å². The van der Waals surface area contributed by atoms with Crippen molar-refractivity contribution in [3.05, 3.63) is 124 Å². The number of alkyl halides is 2. The van der Waals surface area contributed by atoms with Crippen molar-refractivity contribution in [1.82, 2.24) is 30.4 Å². The number of para-hydroxylation sites is 1. The lowest BCUT2D eigenvalue weighted by molar-refractivity contribution is -0.139. The number of hydrogen-bond acceptors (Lipinski definition) is 8. The van der Waals surface area contributed by atoms with E-state index in [0.717, 1.165) is 25.9 Å². The van der Waals surface area contributed by atoms with E-state index in [2.05, 4.69) is 74.2 Å². The Morgan fingerprint density at radius 1 is 0.936 bits per heavy atom. The maximum absolute atomic E-state index is 13.9. The molecule has 47 heavy (non-hydrogen) atoms. The highest BCUT2D eigenvalue weighted by molar-refractivity contribution is 5.97. The van der Waals surface area contributed by atoms with Gasteiger partial charge in [-0.2, -0.15) is 13.6 Å². The van der Waals surface area contributed by atoms with Gasteiger partial charge in [0.15, 0.2) is 0 Å². The van der Waals surface area contributed by atoms with Crippen LogP contribution in [0.1, 0.15) is 55.1 Å². The van der Waals surface area contributed by atoms with E-state index in [1.807, 2.05) is 19.1 Å². The number of ether oxygens (including phenoxy) is 2. The first-order chi connectivity index (χ1) is 22.8. The Kier molecular flexibility index (Phi) is 9.44. The van der Waals surface area contributed by atoms with Crippen molar-refractivity contribution in [2.75, 3.05) is 26.2 Å². The highest BCUT2D eigenvalue weighted by Crippen LogP contribution is 2.46. The fourth-order valence-corrected chi connectivity index (χ4v) is 6.95. The van der Waals surface area contributed by atoms with E-state index in [0.29, 0.717) is 29.1 Å². The second kappa shape index (κ2) is 13.8. The average Bonchev–Trinajstić information content (AvgIpc) is 3.51. The first-order valence-electron chi connectivity index (χ1n) is 15.7. The number of nitrogens with one attached hydrogen (secondary N) is 1. The van der Waals surface area contributed by atoms with Crippen LogP contribution in [0.2, 0.25) is 0 Å². The number of piperidine rings is 1. The molecule has 1 aromatic heterocycles. The molecule has 3 aromatic carbocycles. The van der Waals surface area contributed by atoms with E-state index in [9.17, 15) is 13.6 Å². The van der Waals surface area contributed by atoms with Crippen LogP contribution in [0.5, 0.6) is 5.75 Å². The van der Waals surface area contributed by atoms with Gasteiger partial charge < -0.3 is 14.8 Å². The van der Waals surface area contributed by atoms with Gasteiger partial charge in [0.25, 0.3) is 0 Å². The summed E-state index contributed by atoms with van der Waals surface area (Å²) in [6, 6.07) is 27.7. The molecule has 0 bridgehead atoms. The molecule has 0 radical (unpaired) electrons. The summed E-state index contributed by atoms with van der Waals surface area (Å²) in [4.78, 5) is 17.5. The molecule has 0 aliphatic carbocycles. The largest absolute Gasteiger partial charge is 0.461 e. The summed E-state index contributed by atoms with van der Waals surface area (Å²) in [5.74, 6) is -1.17. The number of dihydropyridines is 1. The number of halogens is 2. The fraction of sp³-hybridized carbons (Fsp3) is 0.333. The molecule has 4 aromatic rings. The predicted molar refractivity (Wildman–Crippen MR) is 173 cm³/mol. The molecule has 1 fully saturated rings. The minimum absolute atomic E-state index is 0.0460. The number of carbonyl (C=O) groups is 1. The third kappa shape index (κ3) is 6.66. The predicted octanol–water partition coefficient (Wildman–Crippen LogP) is 5.83. The molecule has 2 aliphatic rings. The molecule has 6 rings (SSSR count). The molecule has 3 heterocycles. The van der Waals surface area contributed by atoms with Gasteiger partial charge in [-0.15, -0.1) is 10.2 Å². The Balaban J connectivity index is 1.20. The number of nitrogens with zero attached hydrogens (tertiary/aromatic N) is 5. The van der Waals surface area contributed by atoms with Gasteiger partial charge in [-0.25, -0.2) is 4.79 Å². The average molecular weight is 641 g/mol. The number of esters is 1. The number of aryl methyl sites for hydroxylation is 1. The summed E-state index contributed by atoms with van der Waals surface area (Å²) in [6.45, 7) is 2.96. The van der Waals surface area contributed by atoms with Crippen LogP contribution in [0, 0.1) is 0 Å². The zero-order chi connectivity index (χ0) is 33.0. The summed E-state index contributed by atoms with van der Waals surface area (Å²) < 4.78 is 37.8. The SMILES string of the molecule is CC1=C(C(=O)OCCN2CCC(c3ccccc3)(c3ccccc3)CC2)C(c2ccccc2OC(F)F)C(c2nnn(C)n2)=C(C)N1. The van der Waals surface area contributed by atoms with Crippen molar-refractivity contribution in [3.8, 4) is 5.75 Å². The van der Waals surface area contributed by atoms with Gasteiger partial charge in [0.2, 0.25) is 5.82 Å². The number of tetrazole rings is 1. The van der Waals surface area contributed by atoms with E-state index in [4.69, 9.17) is 9.47 Å². The summed E-state index contributed by atoms with van der Waals surface area (Å²) >= 11 is 0. The van der Waals surface area contributed by atoms with Crippen molar-refractivity contribution in [2.24, 2.45) is 7.05 Å². The molecular formula is C36H38F2N6O3. The van der Waals surface area contributed by atoms with Gasteiger partial charge in [0.05, 0.1) is 18.5 Å². The molecule has 1 saturated heterocycles. The van der Waals surface area contributed by atoms with Crippen molar-refractivity contribution < 1.29 is 23.0 Å². The lowest BCUT2D eigenvalue weighted by Crippen LogP contribution is -2.44. The fourth-order valence-electron chi connectivity index (χ4n) is 6.95. The van der Waals surface area contributed by atoms with E-state index in [-0.39, 0.29) is 29.2 Å². The quantitative estimate of drug-likeness (QED) is 0.217. The van der Waals surface area contributed by atoms with Gasteiger partial charge in [-0.05, 0) is 62.2 Å². The summed E-state index contributed by atoms with van der Waals surface area (Å²) in [7, 11) is 1.63. The minimum Gasteiger partial charge on any atom is -0.461 e. The topological polar surface area (TPSA) is 94.4 Å². The lowest BCUT2D eigenvalue weighted by atomic mass is 9.68. The van der Waals surface area contributed by atoms with Crippen LogP contribution in [0.4, 0.5) is 8.78 Å². The number of benzene rings is 3. The third-order valence-electron chi connectivity index (χ3n) is 9.18. The number of rotatable bonds is 10. The van der Waals surface area contributed by atoms with Crippen LogP contribution < -0.4 is 10.1 Å². The van der Waals surface area contributed by atoms with Crippen LogP contribution in [0.15, 0.2) is 102 Å². The minimum atomic E-state index is -3.05. The van der Waals surface area contributed by atoms with Gasteiger partial charge in [-0.1, -0.05) is 78.9 Å². The van der Waals surface area contributed by atoms with Crippen molar-refractivity contribution >= 4 is 11.5 Å². The molecule has 9 nitrogen and oxygen atoms in total. The standard InChI is InChI=1S/C36H38F2N6O3/c1-24-30(33-40-42-43(3)41-33)32(28-16-10-11-17-29(28)47-35(37)38)31(25(2)39-24)34(45)46-23-22-44-20-18-36(19-21-44,26-12-6-4-7-13-26)27-14-8-5-9-15-27/h4-17,32,35,39H,18-23H2,1-3H3. The maximum Gasteiger partial charge on any atom is 0.387 e. The molecular weight excluding hydrogens is 602 g/mol. The number of aromatic nitrogens is 4. The normalized spacial score (nSPS) is 18.3. The summed E-state index contributed by atoms with van der Waals surface area (Å²) in [5, 5.41) is 15.8. The van der Waals surface area contributed by atoms with E-state index in [1.54, 1.807) is 32.2 Å². The smallest absolute Gasteiger partial charge is 0.387 e. The molecule has 1 atom stereocenters. The summed E-state index contributed by atoms with van der Waals surface area (Å²) in [6.07, 6.45) is 1.87. The molecule has 0 saturated carbocycles. The van der Waals surface area contributed by atoms with Gasteiger partial charge >= 0.3 is 12.6 Å². The van der Waals surface area contributed by atoms with Crippen LogP contribution in [-0.2, 0) is 22.0 Å². The number of allylic oxidation sites excluding steroid dienone is 3. The van der Waals surface area contributed by atoms with Gasteiger partial charge in [-0.3, -0.25) is 4.90 Å². The monoisotopic (exact) mass is 640 g/mol. The molecule has 1 N–H and O–H groups in total. The van der Waals surface area contributed by atoms with Crippen LogP contribution in [0.3, 0.4) is 0 Å². The third-order valence-corrected chi connectivity index (χ3v) is 9.18. The molecule has 0 spiro atoms. The van der Waals surface area contributed by atoms with E-state index < -0.39 is 18.5 Å². The maximum atomic E-state index is 13.9. The van der Waals surface area contributed by atoms with Gasteiger partial charge in [0.1, 0.15) is 12.4 Å². The number of carbonyl (C=O) groups excluding carboxylic acids is 1. The Morgan fingerprint density at radius 3 is 2.15 bits per heavy atom. The Bertz CT molecular complexity index is 1720.